The highest BCUT2D eigenvalue weighted by Crippen LogP contribution is 2.28. The summed E-state index contributed by atoms with van der Waals surface area (Å²) >= 11 is 6.29. The van der Waals surface area contributed by atoms with Crippen LogP contribution >= 0.6 is 11.6 Å². The van der Waals surface area contributed by atoms with E-state index >= 15 is 0 Å². The number of hydrogen-bond donors (Lipinski definition) is 1. The van der Waals surface area contributed by atoms with Gasteiger partial charge in [0.15, 0.2) is 5.69 Å². The third kappa shape index (κ3) is 2.88. The second-order valence-corrected chi connectivity index (χ2v) is 5.03. The van der Waals surface area contributed by atoms with Gasteiger partial charge in [0.25, 0.3) is 0 Å². The molecule has 0 bridgehead atoms. The average Bonchev–Trinajstić information content (AvgIpc) is 2.76. The zero-order valence-electron chi connectivity index (χ0n) is 12.3. The Labute approximate surface area is 128 Å². The number of aromatic nitrogens is 2. The Bertz CT molecular complexity index is 680. The summed E-state index contributed by atoms with van der Waals surface area (Å²) in [5.74, 6) is 0.393. The van der Waals surface area contributed by atoms with Gasteiger partial charge in [-0.3, -0.25) is 4.57 Å². The van der Waals surface area contributed by atoms with Crippen LogP contribution in [0, 0.1) is 6.92 Å². The monoisotopic (exact) mass is 307 g/mol. The molecule has 2 rings (SSSR count). The lowest BCUT2D eigenvalue weighted by atomic mass is 10.2. The molecule has 2 N–H and O–H groups in total. The SMILES string of the molecule is CCOC(=O)c1nc(CC)n(-c2ccc(C)cc2Cl)c1N. The molecule has 0 saturated carbocycles. The van der Waals surface area contributed by atoms with Gasteiger partial charge in [-0.2, -0.15) is 0 Å². The number of nitrogen functional groups attached to an aromatic ring is 1. The van der Waals surface area contributed by atoms with Crippen molar-refractivity contribution in [2.45, 2.75) is 27.2 Å². The molecule has 6 heteroatoms. The molecule has 0 unspecified atom stereocenters. The molecule has 0 aliphatic rings. The third-order valence-electron chi connectivity index (χ3n) is 3.11. The van der Waals surface area contributed by atoms with Gasteiger partial charge in [0.1, 0.15) is 11.6 Å². The molecule has 0 spiro atoms. The van der Waals surface area contributed by atoms with Gasteiger partial charge in [0.2, 0.25) is 0 Å². The molecule has 2 aromatic rings. The highest BCUT2D eigenvalue weighted by atomic mass is 35.5. The van der Waals surface area contributed by atoms with E-state index in [0.717, 1.165) is 5.56 Å². The molecule has 0 radical (unpaired) electrons. The molecule has 0 atom stereocenters. The summed E-state index contributed by atoms with van der Waals surface area (Å²) in [5, 5.41) is 0.559. The first kappa shape index (κ1) is 15.4. The maximum Gasteiger partial charge on any atom is 0.360 e. The number of nitrogens with zero attached hydrogens (tertiary/aromatic N) is 2. The van der Waals surface area contributed by atoms with Crippen molar-refractivity contribution in [3.8, 4) is 5.69 Å². The summed E-state index contributed by atoms with van der Waals surface area (Å²) in [6, 6.07) is 5.65. The molecular formula is C15H18ClN3O2. The molecule has 1 aromatic heterocycles. The number of esters is 1. The molecule has 1 heterocycles. The van der Waals surface area contributed by atoms with Crippen molar-refractivity contribution < 1.29 is 9.53 Å². The Kier molecular flexibility index (Phi) is 4.53. The number of ether oxygens (including phenoxy) is 1. The predicted molar refractivity (Wildman–Crippen MR) is 83.1 cm³/mol. The molecule has 0 saturated heterocycles. The first-order valence-electron chi connectivity index (χ1n) is 6.80. The molecule has 112 valence electrons. The van der Waals surface area contributed by atoms with Crippen LogP contribution in [-0.4, -0.2) is 22.1 Å². The number of carbonyl (C=O) groups excluding carboxylic acids is 1. The van der Waals surface area contributed by atoms with Crippen LogP contribution in [0.3, 0.4) is 0 Å². The van der Waals surface area contributed by atoms with E-state index in [9.17, 15) is 4.79 Å². The minimum Gasteiger partial charge on any atom is -0.461 e. The molecule has 5 nitrogen and oxygen atoms in total. The first-order valence-corrected chi connectivity index (χ1v) is 7.18. The normalized spacial score (nSPS) is 10.7. The molecule has 21 heavy (non-hydrogen) atoms. The zero-order valence-corrected chi connectivity index (χ0v) is 13.1. The van der Waals surface area contributed by atoms with E-state index in [1.807, 2.05) is 32.0 Å². The summed E-state index contributed by atoms with van der Waals surface area (Å²) in [5.41, 5.74) is 7.98. The van der Waals surface area contributed by atoms with Gasteiger partial charge in [0.05, 0.1) is 17.3 Å². The quantitative estimate of drug-likeness (QED) is 0.881. The first-order chi connectivity index (χ1) is 9.99. The number of nitrogens with two attached hydrogens (primary N) is 1. The maximum absolute atomic E-state index is 11.9. The fourth-order valence-corrected chi connectivity index (χ4v) is 2.45. The highest BCUT2D eigenvalue weighted by molar-refractivity contribution is 6.32. The minimum atomic E-state index is -0.522. The van der Waals surface area contributed by atoms with Crippen LogP contribution in [0.2, 0.25) is 5.02 Å². The van der Waals surface area contributed by atoms with Crippen molar-refractivity contribution in [3.63, 3.8) is 0 Å². The number of halogens is 1. The molecule has 1 aromatic carbocycles. The summed E-state index contributed by atoms with van der Waals surface area (Å²) in [6.07, 6.45) is 0.619. The van der Waals surface area contributed by atoms with Gasteiger partial charge in [0, 0.05) is 6.42 Å². The van der Waals surface area contributed by atoms with Crippen molar-refractivity contribution in [2.75, 3.05) is 12.3 Å². The number of rotatable bonds is 4. The largest absolute Gasteiger partial charge is 0.461 e. The maximum atomic E-state index is 11.9. The number of hydrogen-bond acceptors (Lipinski definition) is 4. The highest BCUT2D eigenvalue weighted by Gasteiger charge is 2.22. The van der Waals surface area contributed by atoms with Gasteiger partial charge >= 0.3 is 5.97 Å². The van der Waals surface area contributed by atoms with E-state index in [4.69, 9.17) is 22.1 Å². The fourth-order valence-electron chi connectivity index (χ4n) is 2.13. The Morgan fingerprint density at radius 2 is 2.14 bits per heavy atom. The zero-order chi connectivity index (χ0) is 15.6. The molecule has 0 amide bonds. The van der Waals surface area contributed by atoms with E-state index in [2.05, 4.69) is 4.98 Å². The Morgan fingerprint density at radius 1 is 1.43 bits per heavy atom. The molecule has 0 fully saturated rings. The Hall–Kier alpha value is -2.01. The van der Waals surface area contributed by atoms with E-state index < -0.39 is 5.97 Å². The minimum absolute atomic E-state index is 0.130. The standard InChI is InChI=1S/C15H18ClN3O2/c1-4-12-18-13(15(20)21-5-2)14(17)19(12)11-7-6-9(3)8-10(11)16/h6-8H,4-5,17H2,1-3H3. The van der Waals surface area contributed by atoms with Gasteiger partial charge < -0.3 is 10.5 Å². The van der Waals surface area contributed by atoms with Gasteiger partial charge in [-0.05, 0) is 31.5 Å². The van der Waals surface area contributed by atoms with Gasteiger partial charge in [-0.25, -0.2) is 9.78 Å². The van der Waals surface area contributed by atoms with Crippen molar-refractivity contribution in [3.05, 3.63) is 40.3 Å². The summed E-state index contributed by atoms with van der Waals surface area (Å²) in [6.45, 7) is 5.91. The number of carbonyl (C=O) groups is 1. The Morgan fingerprint density at radius 3 is 2.71 bits per heavy atom. The van der Waals surface area contributed by atoms with Crippen LogP contribution in [0.15, 0.2) is 18.2 Å². The number of aryl methyl sites for hydroxylation is 2. The lowest BCUT2D eigenvalue weighted by Gasteiger charge is -2.11. The van der Waals surface area contributed by atoms with Crippen LogP contribution in [0.1, 0.15) is 35.7 Å². The Balaban J connectivity index is 2.60. The van der Waals surface area contributed by atoms with E-state index in [-0.39, 0.29) is 18.1 Å². The van der Waals surface area contributed by atoms with Gasteiger partial charge in [-0.1, -0.05) is 24.6 Å². The van der Waals surface area contributed by atoms with Crippen molar-refractivity contribution in [1.82, 2.24) is 9.55 Å². The lowest BCUT2D eigenvalue weighted by Crippen LogP contribution is -2.09. The number of benzene rings is 1. The second kappa shape index (κ2) is 6.18. The van der Waals surface area contributed by atoms with Crippen molar-refractivity contribution >= 4 is 23.4 Å². The molecule has 0 aliphatic carbocycles. The van der Waals surface area contributed by atoms with Crippen LogP contribution in [0.4, 0.5) is 5.82 Å². The molecule has 0 aliphatic heterocycles. The van der Waals surface area contributed by atoms with Gasteiger partial charge in [-0.15, -0.1) is 0 Å². The number of imidazole rings is 1. The van der Waals surface area contributed by atoms with Crippen LogP contribution < -0.4 is 5.73 Å². The lowest BCUT2D eigenvalue weighted by molar-refractivity contribution is 0.0521. The summed E-state index contributed by atoms with van der Waals surface area (Å²) in [7, 11) is 0. The third-order valence-corrected chi connectivity index (χ3v) is 3.41. The van der Waals surface area contributed by atoms with Crippen LogP contribution in [0.5, 0.6) is 0 Å². The average molecular weight is 308 g/mol. The summed E-state index contributed by atoms with van der Waals surface area (Å²) in [4.78, 5) is 16.2. The van der Waals surface area contributed by atoms with Crippen molar-refractivity contribution in [2.24, 2.45) is 0 Å². The van der Waals surface area contributed by atoms with Crippen LogP contribution in [0.25, 0.3) is 5.69 Å². The second-order valence-electron chi connectivity index (χ2n) is 4.63. The fraction of sp³-hybridized carbons (Fsp3) is 0.333. The predicted octanol–water partition coefficient (Wildman–Crippen LogP) is 3.16. The topological polar surface area (TPSA) is 70.1 Å². The van der Waals surface area contributed by atoms with E-state index in [0.29, 0.717) is 23.0 Å². The van der Waals surface area contributed by atoms with Crippen molar-refractivity contribution in [1.29, 1.82) is 0 Å². The van der Waals surface area contributed by atoms with E-state index in [1.54, 1.807) is 11.5 Å². The molecular weight excluding hydrogens is 290 g/mol. The number of anilines is 1. The van der Waals surface area contributed by atoms with Crippen LogP contribution in [-0.2, 0) is 11.2 Å². The summed E-state index contributed by atoms with van der Waals surface area (Å²) < 4.78 is 6.68. The smallest absolute Gasteiger partial charge is 0.360 e. The van der Waals surface area contributed by atoms with E-state index in [1.165, 1.54) is 0 Å².